The summed E-state index contributed by atoms with van der Waals surface area (Å²) in [7, 11) is 1.50. The Kier molecular flexibility index (Phi) is 29.5. The molecule has 0 aromatic rings. The standard InChI is InChI=1S/C43H75N11O14S2/c1-9-23(2)37(52-36(61)18-47-27(6)56)41(64)49-19-35(60)50-31(22-70(67)28(7)46-12-10-13-69-14-11-44)39(62)51-30(16-34(45)59)43(66)54-20-29(57)15-32(54)40(63)53-38(25(4)33(58)21-55)42(65)48-17-24(3)26(5)68-8/h10,12,23-26,29-33,37-38,46,55,57-58H,7,9,11,13-22,44H2,1-6,8H3,(H2,45,59)(H,47,56)(H,48,65)(H,49,64)(H,50,60)(H,51,62)(H,52,61)(H,53,63)/b12-10-/t23-,24+,25-,26?,29+,30-,31-,32+,33-,37+,38-,70?/m0/s1. The van der Waals surface area contributed by atoms with Crippen LogP contribution in [0.2, 0.25) is 0 Å². The number of likely N-dealkylation sites (tertiary alicyclic amines) is 1. The number of hydrogen-bond donors (Lipinski definition) is 13. The average molecular weight is 1030 g/mol. The van der Waals surface area contributed by atoms with Gasteiger partial charge in [-0.05, 0) is 25.3 Å². The fourth-order valence-electron chi connectivity index (χ4n) is 6.61. The lowest BCUT2D eigenvalue weighted by atomic mass is 9.94. The summed E-state index contributed by atoms with van der Waals surface area (Å²) in [4.78, 5) is 120. The zero-order valence-corrected chi connectivity index (χ0v) is 42.6. The second-order valence-corrected chi connectivity index (χ2v) is 19.6. The van der Waals surface area contributed by atoms with Gasteiger partial charge in [0.1, 0.15) is 29.9 Å². The van der Waals surface area contributed by atoms with Gasteiger partial charge >= 0.3 is 0 Å². The van der Waals surface area contributed by atoms with Gasteiger partial charge < -0.3 is 83.5 Å². The molecule has 0 aliphatic carbocycles. The maximum Gasteiger partial charge on any atom is 0.248 e. The molecule has 398 valence electrons. The Bertz CT molecular complexity index is 1820. The summed E-state index contributed by atoms with van der Waals surface area (Å²) in [5, 5.41) is 50.6. The van der Waals surface area contributed by atoms with Crippen LogP contribution in [-0.2, 0) is 59.1 Å². The van der Waals surface area contributed by atoms with E-state index in [0.29, 0.717) is 24.5 Å². The maximum atomic E-state index is 14.3. The molecule has 9 amide bonds. The number of β-amino-alcohol motifs (C(OH)–C–C–N with tert-alkyl or cyclic N) is 1. The van der Waals surface area contributed by atoms with Gasteiger partial charge in [0.2, 0.25) is 58.2 Å². The minimum absolute atomic E-state index is 0.0941. The Hall–Kier alpha value is -5.03. The number of hydrogen-bond acceptors (Lipinski definition) is 17. The Labute approximate surface area is 416 Å². The van der Waals surface area contributed by atoms with Crippen LogP contribution in [0.1, 0.15) is 60.8 Å². The first-order valence-corrected chi connectivity index (χ1v) is 25.2. The number of nitrogens with one attached hydrogen (secondary N) is 8. The molecule has 1 heterocycles. The van der Waals surface area contributed by atoms with Gasteiger partial charge in [-0.15, -0.1) is 0 Å². The number of ether oxygens (including phenoxy) is 1. The average Bonchev–Trinajstić information content (AvgIpc) is 3.72. The highest BCUT2D eigenvalue weighted by molar-refractivity contribution is 7.99. The van der Waals surface area contributed by atoms with Crippen molar-refractivity contribution in [2.75, 3.05) is 63.7 Å². The predicted molar refractivity (Wildman–Crippen MR) is 261 cm³/mol. The molecule has 27 heteroatoms. The number of thioether (sulfide) groups is 1. The van der Waals surface area contributed by atoms with Gasteiger partial charge in [0.25, 0.3) is 0 Å². The maximum absolute atomic E-state index is 14.3. The van der Waals surface area contributed by atoms with Gasteiger partial charge in [0, 0.05) is 74.9 Å². The van der Waals surface area contributed by atoms with E-state index in [4.69, 9.17) is 16.2 Å². The van der Waals surface area contributed by atoms with E-state index in [9.17, 15) is 63.0 Å². The number of rotatable bonds is 33. The summed E-state index contributed by atoms with van der Waals surface area (Å²) < 4.78 is 18.8. The Morgan fingerprint density at radius 1 is 0.914 bits per heavy atom. The molecule has 0 bridgehead atoms. The topological polar surface area (TPSA) is 398 Å². The molecule has 0 aromatic heterocycles. The van der Waals surface area contributed by atoms with E-state index >= 15 is 0 Å². The molecule has 1 aliphatic heterocycles. The summed E-state index contributed by atoms with van der Waals surface area (Å²) >= 11 is -0.606. The third kappa shape index (κ3) is 22.4. The Balaban J connectivity index is 3.48. The van der Waals surface area contributed by atoms with Crippen molar-refractivity contribution in [3.8, 4) is 0 Å². The highest BCUT2D eigenvalue weighted by atomic mass is 32.2. The van der Waals surface area contributed by atoms with Crippen LogP contribution in [0.5, 0.6) is 0 Å². The molecule has 0 spiro atoms. The van der Waals surface area contributed by atoms with Crippen molar-refractivity contribution in [3.63, 3.8) is 0 Å². The molecular formula is C43H75N11O14S2. The number of amides is 9. The van der Waals surface area contributed by atoms with Crippen molar-refractivity contribution in [1.29, 1.82) is 0 Å². The third-order valence-corrected chi connectivity index (χ3v) is 13.6. The number of nitrogens with two attached hydrogens (primary N) is 2. The lowest BCUT2D eigenvalue weighted by molar-refractivity contribution is -0.144. The smallest absolute Gasteiger partial charge is 0.248 e. The molecule has 1 rings (SSSR count). The van der Waals surface area contributed by atoms with Gasteiger partial charge in [-0.3, -0.25) is 43.2 Å². The van der Waals surface area contributed by atoms with Crippen LogP contribution in [0.15, 0.2) is 23.9 Å². The van der Waals surface area contributed by atoms with Crippen molar-refractivity contribution in [1.82, 2.24) is 47.4 Å². The largest absolute Gasteiger partial charge is 0.610 e. The van der Waals surface area contributed by atoms with Gasteiger partial charge in [-0.25, -0.2) is 0 Å². The van der Waals surface area contributed by atoms with Crippen LogP contribution < -0.4 is 54.0 Å². The normalized spacial score (nSPS) is 18.8. The highest BCUT2D eigenvalue weighted by Gasteiger charge is 2.44. The number of carbonyl (C=O) groups excluding carboxylic acids is 9. The van der Waals surface area contributed by atoms with Gasteiger partial charge in [-0.1, -0.05) is 40.2 Å². The van der Waals surface area contributed by atoms with Crippen LogP contribution in [-0.4, -0.2) is 190 Å². The molecule has 1 fully saturated rings. The van der Waals surface area contributed by atoms with E-state index in [1.165, 1.54) is 38.9 Å². The van der Waals surface area contributed by atoms with Crippen LogP contribution in [0.3, 0.4) is 0 Å². The number of carbonyl (C=O) groups is 9. The lowest BCUT2D eigenvalue weighted by Crippen LogP contribution is -2.61. The van der Waals surface area contributed by atoms with Gasteiger partial charge in [0.15, 0.2) is 6.04 Å². The fourth-order valence-corrected chi connectivity index (χ4v) is 8.12. The molecule has 25 nitrogen and oxygen atoms in total. The monoisotopic (exact) mass is 1030 g/mol. The summed E-state index contributed by atoms with van der Waals surface area (Å²) in [6.07, 6.45) is -0.683. The molecule has 2 unspecified atom stereocenters. The number of primary amides is 1. The Morgan fingerprint density at radius 2 is 1.54 bits per heavy atom. The molecule has 0 aromatic carbocycles. The molecule has 12 atom stereocenters. The Morgan fingerprint density at radius 3 is 2.13 bits per heavy atom. The summed E-state index contributed by atoms with van der Waals surface area (Å²) in [6.45, 7) is 11.5. The predicted octanol–water partition coefficient (Wildman–Crippen LogP) is -5.15. The fraction of sp³-hybridized carbons (Fsp3) is 0.698. The highest BCUT2D eigenvalue weighted by Crippen LogP contribution is 2.22. The SMILES string of the molecule is C=C(N/C=C\CSCCN)[S+]([O-])C[C@H](NC(=O)CNC(=O)[C@H](NC(=O)CNC(C)=O)[C@@H](C)CC)C(=O)N[C@@H](CC(N)=O)C(=O)N1C[C@H](O)C[C@@H]1C(=O)N[C@H](C(=O)NC[C@@H](C)C(C)OC)[C@@H](C)[C@@H](O)CO. The van der Waals surface area contributed by atoms with Crippen LogP contribution in [0.25, 0.3) is 0 Å². The van der Waals surface area contributed by atoms with Crippen molar-refractivity contribution in [2.45, 2.75) is 109 Å². The number of aliphatic hydroxyl groups excluding tert-OH is 3. The van der Waals surface area contributed by atoms with Crippen molar-refractivity contribution >= 4 is 76.1 Å². The van der Waals surface area contributed by atoms with Crippen LogP contribution in [0, 0.1) is 17.8 Å². The quantitative estimate of drug-likeness (QED) is 0.0216. The van der Waals surface area contributed by atoms with E-state index in [1.807, 2.05) is 6.92 Å². The van der Waals surface area contributed by atoms with Crippen LogP contribution >= 0.6 is 11.8 Å². The number of aliphatic hydroxyl groups is 3. The van der Waals surface area contributed by atoms with E-state index < -0.39 is 157 Å². The van der Waals surface area contributed by atoms with Crippen molar-refractivity contribution < 1.29 is 67.8 Å². The summed E-state index contributed by atoms with van der Waals surface area (Å²) in [5.74, 6) is -9.10. The van der Waals surface area contributed by atoms with E-state index in [1.54, 1.807) is 26.8 Å². The van der Waals surface area contributed by atoms with Crippen LogP contribution in [0.4, 0.5) is 0 Å². The number of nitrogens with zero attached hydrogens (tertiary/aromatic N) is 1. The van der Waals surface area contributed by atoms with Gasteiger partial charge in [-0.2, -0.15) is 11.8 Å². The van der Waals surface area contributed by atoms with E-state index in [-0.39, 0.29) is 30.0 Å². The summed E-state index contributed by atoms with van der Waals surface area (Å²) in [5.41, 5.74) is 11.0. The lowest BCUT2D eigenvalue weighted by Gasteiger charge is -2.32. The molecular weight excluding hydrogens is 959 g/mol. The third-order valence-electron chi connectivity index (χ3n) is 11.4. The zero-order chi connectivity index (χ0) is 53.2. The molecule has 70 heavy (non-hydrogen) atoms. The zero-order valence-electron chi connectivity index (χ0n) is 40.9. The summed E-state index contributed by atoms with van der Waals surface area (Å²) in [6, 6.07) is -7.71. The van der Waals surface area contributed by atoms with Crippen molar-refractivity contribution in [3.05, 3.63) is 23.9 Å². The second kappa shape index (κ2) is 32.8. The number of methoxy groups -OCH3 is 1. The van der Waals surface area contributed by atoms with Crippen molar-refractivity contribution in [2.24, 2.45) is 29.2 Å². The minimum Gasteiger partial charge on any atom is -0.610 e. The van der Waals surface area contributed by atoms with E-state index in [0.717, 1.165) is 4.90 Å². The van der Waals surface area contributed by atoms with Gasteiger partial charge in [0.05, 0.1) is 44.4 Å². The molecule has 0 saturated carbocycles. The molecule has 15 N–H and O–H groups in total. The van der Waals surface area contributed by atoms with E-state index in [2.05, 4.69) is 49.1 Å². The minimum atomic E-state index is -2.13. The second-order valence-electron chi connectivity index (χ2n) is 16.9. The first-order valence-electron chi connectivity index (χ1n) is 22.8. The molecule has 1 aliphatic rings. The first-order chi connectivity index (χ1) is 32.9. The molecule has 0 radical (unpaired) electrons. The molecule has 1 saturated heterocycles. The first kappa shape index (κ1) is 63.0.